The largest absolute Gasteiger partial charge is 0.497 e. The molecule has 0 saturated heterocycles. The van der Waals surface area contributed by atoms with E-state index in [1.54, 1.807) is 38.1 Å². The summed E-state index contributed by atoms with van der Waals surface area (Å²) in [5, 5.41) is 2.01. The molecule has 13 heteroatoms. The number of amides is 2. The predicted octanol–water partition coefficient (Wildman–Crippen LogP) is 5.42. The van der Waals surface area contributed by atoms with Gasteiger partial charge in [0.05, 0.1) is 28.3 Å². The zero-order chi connectivity index (χ0) is 31.2. The van der Waals surface area contributed by atoms with Crippen molar-refractivity contribution in [2.45, 2.75) is 44.4 Å². The van der Waals surface area contributed by atoms with E-state index in [4.69, 9.17) is 16.3 Å². The standard InChI is InChI=1S/C29H31ClF3N3O5S/c1-5-34-28(38)20(3)35(17-21-7-6-8-23(15-21)41-4)27(37)18-36(42(39,40)24-12-9-19(2)10-13-24)22-11-14-26(30)25(16-22)29(31,32)33/h6-16,20H,5,17-18H2,1-4H3,(H,34,38). The van der Waals surface area contributed by atoms with Gasteiger partial charge in [0.1, 0.15) is 18.3 Å². The lowest BCUT2D eigenvalue weighted by molar-refractivity contribution is -0.139. The number of rotatable bonds is 11. The lowest BCUT2D eigenvalue weighted by Gasteiger charge is -2.32. The third-order valence-corrected chi connectivity index (χ3v) is 8.55. The van der Waals surface area contributed by atoms with Crippen molar-refractivity contribution in [1.82, 2.24) is 10.2 Å². The number of hydrogen-bond donors (Lipinski definition) is 1. The Bertz CT molecular complexity index is 1530. The number of ether oxygens (including phenoxy) is 1. The number of methoxy groups -OCH3 is 1. The number of alkyl halides is 3. The molecule has 42 heavy (non-hydrogen) atoms. The normalized spacial score (nSPS) is 12.4. The van der Waals surface area contributed by atoms with Crippen LogP contribution in [0, 0.1) is 6.92 Å². The van der Waals surface area contributed by atoms with Crippen LogP contribution in [0.1, 0.15) is 30.5 Å². The molecule has 3 aromatic rings. The minimum absolute atomic E-state index is 0.110. The first-order chi connectivity index (χ1) is 19.7. The van der Waals surface area contributed by atoms with E-state index in [1.807, 2.05) is 0 Å². The molecule has 0 aliphatic carbocycles. The molecule has 0 bridgehead atoms. The Labute approximate surface area is 248 Å². The first-order valence-electron chi connectivity index (χ1n) is 12.8. The van der Waals surface area contributed by atoms with E-state index in [0.29, 0.717) is 21.7 Å². The van der Waals surface area contributed by atoms with Crippen molar-refractivity contribution in [3.8, 4) is 5.75 Å². The van der Waals surface area contributed by atoms with Crippen LogP contribution in [0.4, 0.5) is 18.9 Å². The number of likely N-dealkylation sites (N-methyl/N-ethyl adjacent to an activating group) is 1. The summed E-state index contributed by atoms with van der Waals surface area (Å²) in [5.74, 6) is -0.821. The zero-order valence-corrected chi connectivity index (χ0v) is 25.0. The molecule has 0 aliphatic rings. The average Bonchev–Trinajstić information content (AvgIpc) is 2.94. The van der Waals surface area contributed by atoms with Crippen molar-refractivity contribution in [2.75, 3.05) is 24.5 Å². The van der Waals surface area contributed by atoms with Gasteiger partial charge in [-0.05, 0) is 68.8 Å². The van der Waals surface area contributed by atoms with E-state index in [0.717, 1.165) is 22.6 Å². The Balaban J connectivity index is 2.13. The maximum Gasteiger partial charge on any atom is 0.417 e. The second-order valence-corrected chi connectivity index (χ2v) is 11.7. The maximum absolute atomic E-state index is 13.9. The Morgan fingerprint density at radius 1 is 1.05 bits per heavy atom. The van der Waals surface area contributed by atoms with Gasteiger partial charge in [-0.2, -0.15) is 13.2 Å². The van der Waals surface area contributed by atoms with E-state index in [-0.39, 0.29) is 18.0 Å². The van der Waals surface area contributed by atoms with Gasteiger partial charge < -0.3 is 15.0 Å². The highest BCUT2D eigenvalue weighted by molar-refractivity contribution is 7.92. The summed E-state index contributed by atoms with van der Waals surface area (Å²) in [4.78, 5) is 27.6. The third kappa shape index (κ3) is 7.74. The number of sulfonamides is 1. The SMILES string of the molecule is CCNC(=O)C(C)N(Cc1cccc(OC)c1)C(=O)CN(c1ccc(Cl)c(C(F)(F)F)c1)S(=O)(=O)c1ccc(C)cc1. The van der Waals surface area contributed by atoms with Gasteiger partial charge in [-0.1, -0.05) is 41.4 Å². The van der Waals surface area contributed by atoms with E-state index >= 15 is 0 Å². The molecule has 0 aliphatic heterocycles. The first kappa shape index (κ1) is 32.7. The minimum atomic E-state index is -4.89. The number of carbonyl (C=O) groups excluding carboxylic acids is 2. The zero-order valence-electron chi connectivity index (χ0n) is 23.4. The van der Waals surface area contributed by atoms with Crippen LogP contribution in [-0.2, 0) is 32.3 Å². The fourth-order valence-electron chi connectivity index (χ4n) is 4.12. The van der Waals surface area contributed by atoms with E-state index in [2.05, 4.69) is 5.32 Å². The molecule has 0 radical (unpaired) electrons. The summed E-state index contributed by atoms with van der Waals surface area (Å²) in [6.07, 6.45) is -4.89. The lowest BCUT2D eigenvalue weighted by atomic mass is 10.1. The number of carbonyl (C=O) groups is 2. The van der Waals surface area contributed by atoms with Crippen LogP contribution >= 0.6 is 11.6 Å². The molecular formula is C29H31ClF3N3O5S. The Morgan fingerprint density at radius 3 is 2.31 bits per heavy atom. The lowest BCUT2D eigenvalue weighted by Crippen LogP contribution is -2.51. The van der Waals surface area contributed by atoms with Crippen molar-refractivity contribution in [1.29, 1.82) is 0 Å². The molecule has 2 amide bonds. The summed E-state index contributed by atoms with van der Waals surface area (Å²) in [7, 11) is -3.09. The fourth-order valence-corrected chi connectivity index (χ4v) is 5.75. The van der Waals surface area contributed by atoms with Gasteiger partial charge in [0.2, 0.25) is 11.8 Å². The number of hydrogen-bond acceptors (Lipinski definition) is 5. The molecule has 1 unspecified atom stereocenters. The van der Waals surface area contributed by atoms with Crippen molar-refractivity contribution in [3.63, 3.8) is 0 Å². The Morgan fingerprint density at radius 2 is 1.71 bits per heavy atom. The van der Waals surface area contributed by atoms with Gasteiger partial charge in [0.25, 0.3) is 10.0 Å². The summed E-state index contributed by atoms with van der Waals surface area (Å²) >= 11 is 5.79. The van der Waals surface area contributed by atoms with Crippen LogP contribution in [0.3, 0.4) is 0 Å². The van der Waals surface area contributed by atoms with Crippen molar-refractivity contribution < 1.29 is 35.9 Å². The van der Waals surface area contributed by atoms with Gasteiger partial charge in [-0.25, -0.2) is 8.42 Å². The number of halogens is 4. The highest BCUT2D eigenvalue weighted by Crippen LogP contribution is 2.38. The molecule has 0 fully saturated rings. The summed E-state index contributed by atoms with van der Waals surface area (Å²) in [6, 6.07) is 13.9. The number of nitrogens with one attached hydrogen (secondary N) is 1. The minimum Gasteiger partial charge on any atom is -0.497 e. The number of aryl methyl sites for hydroxylation is 1. The van der Waals surface area contributed by atoms with Crippen LogP contribution in [-0.4, -0.2) is 51.4 Å². The highest BCUT2D eigenvalue weighted by atomic mass is 35.5. The number of benzene rings is 3. The van der Waals surface area contributed by atoms with Crippen LogP contribution in [0.15, 0.2) is 71.6 Å². The van der Waals surface area contributed by atoms with E-state index in [9.17, 15) is 31.2 Å². The third-order valence-electron chi connectivity index (χ3n) is 6.44. The average molecular weight is 626 g/mol. The molecule has 0 heterocycles. The van der Waals surface area contributed by atoms with E-state index in [1.165, 1.54) is 38.3 Å². The van der Waals surface area contributed by atoms with Gasteiger partial charge >= 0.3 is 6.18 Å². The summed E-state index contributed by atoms with van der Waals surface area (Å²) < 4.78 is 74.7. The van der Waals surface area contributed by atoms with Crippen LogP contribution in [0.2, 0.25) is 5.02 Å². The van der Waals surface area contributed by atoms with Crippen molar-refractivity contribution in [2.24, 2.45) is 0 Å². The Hall–Kier alpha value is -3.77. The molecular weight excluding hydrogens is 595 g/mol. The van der Waals surface area contributed by atoms with Gasteiger partial charge in [0, 0.05) is 13.1 Å². The second-order valence-electron chi connectivity index (χ2n) is 9.43. The summed E-state index contributed by atoms with van der Waals surface area (Å²) in [5.41, 5.74) is -0.352. The van der Waals surface area contributed by atoms with Crippen LogP contribution in [0.5, 0.6) is 5.75 Å². The van der Waals surface area contributed by atoms with Crippen LogP contribution in [0.25, 0.3) is 0 Å². The van der Waals surface area contributed by atoms with Gasteiger partial charge in [-0.3, -0.25) is 13.9 Å². The predicted molar refractivity (Wildman–Crippen MR) is 154 cm³/mol. The molecule has 8 nitrogen and oxygen atoms in total. The topological polar surface area (TPSA) is 96.0 Å². The molecule has 0 saturated carbocycles. The van der Waals surface area contributed by atoms with Crippen molar-refractivity contribution >= 4 is 39.1 Å². The summed E-state index contributed by atoms with van der Waals surface area (Å²) in [6.45, 7) is 4.19. The van der Waals surface area contributed by atoms with Gasteiger partial charge in [0.15, 0.2) is 0 Å². The maximum atomic E-state index is 13.9. The number of anilines is 1. The first-order valence-corrected chi connectivity index (χ1v) is 14.7. The quantitative estimate of drug-likeness (QED) is 0.307. The second kappa shape index (κ2) is 13.5. The molecule has 1 N–H and O–H groups in total. The molecule has 3 aromatic carbocycles. The van der Waals surface area contributed by atoms with Crippen LogP contribution < -0.4 is 14.4 Å². The monoisotopic (exact) mass is 625 g/mol. The smallest absolute Gasteiger partial charge is 0.417 e. The molecule has 226 valence electrons. The Kier molecular flexibility index (Phi) is 10.5. The van der Waals surface area contributed by atoms with Crippen molar-refractivity contribution in [3.05, 3.63) is 88.4 Å². The van der Waals surface area contributed by atoms with Gasteiger partial charge in [-0.15, -0.1) is 0 Å². The molecule has 0 aromatic heterocycles. The molecule has 1 atom stereocenters. The highest BCUT2D eigenvalue weighted by Gasteiger charge is 2.37. The fraction of sp³-hybridized carbons (Fsp3) is 0.310. The number of nitrogens with zero attached hydrogens (tertiary/aromatic N) is 2. The molecule has 3 rings (SSSR count). The molecule has 0 spiro atoms. The van der Waals surface area contributed by atoms with E-state index < -0.39 is 56.9 Å².